The highest BCUT2D eigenvalue weighted by Crippen LogP contribution is 2.30. The van der Waals surface area contributed by atoms with Gasteiger partial charge in [0.2, 0.25) is 0 Å². The third-order valence-electron chi connectivity index (χ3n) is 3.71. The van der Waals surface area contributed by atoms with E-state index < -0.39 is 0 Å². The summed E-state index contributed by atoms with van der Waals surface area (Å²) in [6.07, 6.45) is 1.71. The van der Waals surface area contributed by atoms with Crippen molar-refractivity contribution < 1.29 is 14.3 Å². The molecule has 0 aliphatic carbocycles. The van der Waals surface area contributed by atoms with Gasteiger partial charge in [-0.1, -0.05) is 0 Å². The fourth-order valence-electron chi connectivity index (χ4n) is 2.59. The maximum absolute atomic E-state index is 12.5. The molecule has 1 N–H and O–H groups in total. The summed E-state index contributed by atoms with van der Waals surface area (Å²) in [7, 11) is 0. The Kier molecular flexibility index (Phi) is 5.14. The van der Waals surface area contributed by atoms with Crippen LogP contribution in [0.2, 0.25) is 0 Å². The van der Waals surface area contributed by atoms with Gasteiger partial charge in [0.15, 0.2) is 0 Å². The summed E-state index contributed by atoms with van der Waals surface area (Å²) in [5, 5.41) is 3.79. The molecule has 3 rings (SSSR count). The Balaban J connectivity index is 1.87. The summed E-state index contributed by atoms with van der Waals surface area (Å²) in [6, 6.07) is 14.5. The van der Waals surface area contributed by atoms with Gasteiger partial charge in [-0.05, 0) is 62.4 Å². The first-order valence-corrected chi connectivity index (χ1v) is 8.27. The number of hydrogen-bond acceptors (Lipinski definition) is 4. The Labute approximate surface area is 146 Å². The Morgan fingerprint density at radius 3 is 2.48 bits per heavy atom. The number of nitrogens with zero attached hydrogens (tertiary/aromatic N) is 1. The molecule has 0 aliphatic rings. The van der Waals surface area contributed by atoms with Crippen molar-refractivity contribution in [3.8, 4) is 11.5 Å². The first-order chi connectivity index (χ1) is 12.2. The minimum Gasteiger partial charge on any atom is -0.494 e. The van der Waals surface area contributed by atoms with Crippen molar-refractivity contribution in [3.63, 3.8) is 0 Å². The van der Waals surface area contributed by atoms with Crippen LogP contribution in [0.25, 0.3) is 10.9 Å². The van der Waals surface area contributed by atoms with Crippen molar-refractivity contribution in [3.05, 3.63) is 60.3 Å². The molecule has 2 aromatic carbocycles. The van der Waals surface area contributed by atoms with Crippen molar-refractivity contribution in [1.29, 1.82) is 0 Å². The lowest BCUT2D eigenvalue weighted by molar-refractivity contribution is 0.102. The van der Waals surface area contributed by atoms with Gasteiger partial charge in [-0.25, -0.2) is 0 Å². The van der Waals surface area contributed by atoms with Gasteiger partial charge in [-0.3, -0.25) is 9.78 Å². The molecule has 1 heterocycles. The van der Waals surface area contributed by atoms with E-state index in [0.29, 0.717) is 30.2 Å². The Hall–Kier alpha value is -3.08. The standard InChI is InChI=1S/C20H20N2O3/c1-3-24-15-9-7-14(8-10-15)20(23)22-17-11-12-18(25-4-2)19-16(17)6-5-13-21-19/h5-13H,3-4H2,1-2H3,(H,22,23). The molecule has 0 saturated heterocycles. The van der Waals surface area contributed by atoms with Crippen molar-refractivity contribution >= 4 is 22.5 Å². The van der Waals surface area contributed by atoms with Crippen LogP contribution in [-0.2, 0) is 0 Å². The smallest absolute Gasteiger partial charge is 0.255 e. The molecule has 1 amide bonds. The van der Waals surface area contributed by atoms with Crippen molar-refractivity contribution in [2.24, 2.45) is 0 Å². The second-order valence-corrected chi connectivity index (χ2v) is 5.36. The third-order valence-corrected chi connectivity index (χ3v) is 3.71. The predicted molar refractivity (Wildman–Crippen MR) is 98.5 cm³/mol. The number of fused-ring (bicyclic) bond motifs is 1. The summed E-state index contributed by atoms with van der Waals surface area (Å²) >= 11 is 0. The normalized spacial score (nSPS) is 10.5. The van der Waals surface area contributed by atoms with Crippen LogP contribution in [0.5, 0.6) is 11.5 Å². The van der Waals surface area contributed by atoms with E-state index in [-0.39, 0.29) is 5.91 Å². The SMILES string of the molecule is CCOc1ccc(C(=O)Nc2ccc(OCC)c3ncccc23)cc1. The zero-order chi connectivity index (χ0) is 17.6. The van der Waals surface area contributed by atoms with Crippen LogP contribution in [0.15, 0.2) is 54.7 Å². The first kappa shape index (κ1) is 16.8. The highest BCUT2D eigenvalue weighted by Gasteiger charge is 2.12. The number of benzene rings is 2. The van der Waals surface area contributed by atoms with Crippen LogP contribution in [-0.4, -0.2) is 24.1 Å². The quantitative estimate of drug-likeness (QED) is 0.730. The minimum atomic E-state index is -0.183. The summed E-state index contributed by atoms with van der Waals surface area (Å²) in [6.45, 7) is 5.00. The van der Waals surface area contributed by atoms with Gasteiger partial charge in [-0.2, -0.15) is 0 Å². The molecule has 0 bridgehead atoms. The van der Waals surface area contributed by atoms with Gasteiger partial charge < -0.3 is 14.8 Å². The van der Waals surface area contributed by atoms with Crippen LogP contribution >= 0.6 is 0 Å². The van der Waals surface area contributed by atoms with E-state index in [4.69, 9.17) is 9.47 Å². The second kappa shape index (κ2) is 7.66. The van der Waals surface area contributed by atoms with Gasteiger partial charge in [-0.15, -0.1) is 0 Å². The number of anilines is 1. The Morgan fingerprint density at radius 2 is 1.76 bits per heavy atom. The molecule has 0 saturated carbocycles. The van der Waals surface area contributed by atoms with Gasteiger partial charge in [0.1, 0.15) is 17.0 Å². The van der Waals surface area contributed by atoms with Gasteiger partial charge >= 0.3 is 0 Å². The lowest BCUT2D eigenvalue weighted by Crippen LogP contribution is -2.12. The van der Waals surface area contributed by atoms with E-state index >= 15 is 0 Å². The van der Waals surface area contributed by atoms with Crippen molar-refractivity contribution in [1.82, 2.24) is 4.98 Å². The number of rotatable bonds is 6. The molecule has 1 aromatic heterocycles. The number of ether oxygens (including phenoxy) is 2. The molecule has 25 heavy (non-hydrogen) atoms. The van der Waals surface area contributed by atoms with Gasteiger partial charge in [0.25, 0.3) is 5.91 Å². The number of pyridine rings is 1. The van der Waals surface area contributed by atoms with Crippen LogP contribution in [0.3, 0.4) is 0 Å². The molecule has 0 fully saturated rings. The highest BCUT2D eigenvalue weighted by atomic mass is 16.5. The van der Waals surface area contributed by atoms with Crippen molar-refractivity contribution in [2.75, 3.05) is 18.5 Å². The molecule has 0 radical (unpaired) electrons. The Bertz CT molecular complexity index is 876. The molecule has 5 heteroatoms. The molecule has 5 nitrogen and oxygen atoms in total. The van der Waals surface area contributed by atoms with Crippen LogP contribution in [0.4, 0.5) is 5.69 Å². The average molecular weight is 336 g/mol. The molecule has 128 valence electrons. The fraction of sp³-hybridized carbons (Fsp3) is 0.200. The van der Waals surface area contributed by atoms with Crippen LogP contribution in [0, 0.1) is 0 Å². The lowest BCUT2D eigenvalue weighted by atomic mass is 10.1. The molecule has 0 aliphatic heterocycles. The van der Waals surface area contributed by atoms with Gasteiger partial charge in [0, 0.05) is 17.1 Å². The fourth-order valence-corrected chi connectivity index (χ4v) is 2.59. The predicted octanol–water partition coefficient (Wildman–Crippen LogP) is 4.28. The first-order valence-electron chi connectivity index (χ1n) is 8.27. The zero-order valence-corrected chi connectivity index (χ0v) is 14.3. The van der Waals surface area contributed by atoms with E-state index in [0.717, 1.165) is 16.7 Å². The molecule has 0 spiro atoms. The number of nitrogens with one attached hydrogen (secondary N) is 1. The van der Waals surface area contributed by atoms with E-state index in [1.807, 2.05) is 38.1 Å². The molecule has 0 atom stereocenters. The number of amides is 1. The maximum Gasteiger partial charge on any atom is 0.255 e. The molecular formula is C20H20N2O3. The van der Waals surface area contributed by atoms with Crippen molar-refractivity contribution in [2.45, 2.75) is 13.8 Å². The lowest BCUT2D eigenvalue weighted by Gasteiger charge is -2.12. The zero-order valence-electron chi connectivity index (χ0n) is 14.3. The summed E-state index contributed by atoms with van der Waals surface area (Å²) in [5.41, 5.74) is 1.99. The topological polar surface area (TPSA) is 60.5 Å². The number of carbonyl (C=O) groups is 1. The van der Waals surface area contributed by atoms with Gasteiger partial charge in [0.05, 0.1) is 18.9 Å². The number of aromatic nitrogens is 1. The number of carbonyl (C=O) groups excluding carboxylic acids is 1. The maximum atomic E-state index is 12.5. The van der Waals surface area contributed by atoms with Crippen LogP contribution < -0.4 is 14.8 Å². The average Bonchev–Trinajstić information content (AvgIpc) is 2.65. The molecule has 0 unspecified atom stereocenters. The summed E-state index contributed by atoms with van der Waals surface area (Å²) < 4.78 is 11.0. The van der Waals surface area contributed by atoms with E-state index in [1.54, 1.807) is 30.5 Å². The largest absolute Gasteiger partial charge is 0.494 e. The molecule has 3 aromatic rings. The van der Waals surface area contributed by atoms with Crippen LogP contribution in [0.1, 0.15) is 24.2 Å². The Morgan fingerprint density at radius 1 is 1.00 bits per heavy atom. The highest BCUT2D eigenvalue weighted by molar-refractivity contribution is 6.09. The van der Waals surface area contributed by atoms with E-state index in [9.17, 15) is 4.79 Å². The van der Waals surface area contributed by atoms with E-state index in [2.05, 4.69) is 10.3 Å². The van der Waals surface area contributed by atoms with E-state index in [1.165, 1.54) is 0 Å². The molecular weight excluding hydrogens is 316 g/mol. The summed E-state index contributed by atoms with van der Waals surface area (Å²) in [5.74, 6) is 1.27. The summed E-state index contributed by atoms with van der Waals surface area (Å²) in [4.78, 5) is 16.9. The minimum absolute atomic E-state index is 0.183. The monoisotopic (exact) mass is 336 g/mol. The number of hydrogen-bond donors (Lipinski definition) is 1. The second-order valence-electron chi connectivity index (χ2n) is 5.36. The third kappa shape index (κ3) is 3.71.